The Morgan fingerprint density at radius 1 is 1.31 bits per heavy atom. The van der Waals surface area contributed by atoms with Gasteiger partial charge in [0.1, 0.15) is 0 Å². The highest BCUT2D eigenvalue weighted by molar-refractivity contribution is 5.56. The number of fused-ring (bicyclic) bond motifs is 1. The third kappa shape index (κ3) is 2.22. The summed E-state index contributed by atoms with van der Waals surface area (Å²) in [4.78, 5) is 2.52. The van der Waals surface area contributed by atoms with Crippen molar-refractivity contribution in [2.75, 3.05) is 24.5 Å². The summed E-state index contributed by atoms with van der Waals surface area (Å²) < 4.78 is 0. The van der Waals surface area contributed by atoms with Gasteiger partial charge in [0.2, 0.25) is 0 Å². The molecule has 1 aromatic rings. The molecule has 0 aliphatic carbocycles. The third-order valence-corrected chi connectivity index (χ3v) is 3.28. The average molecular weight is 218 g/mol. The molecule has 2 rings (SSSR count). The molecule has 0 saturated heterocycles. The van der Waals surface area contributed by atoms with Crippen molar-refractivity contribution in [1.29, 1.82) is 0 Å². The van der Waals surface area contributed by atoms with Crippen molar-refractivity contribution < 1.29 is 0 Å². The monoisotopic (exact) mass is 218 g/mol. The van der Waals surface area contributed by atoms with Crippen molar-refractivity contribution in [3.8, 4) is 0 Å². The van der Waals surface area contributed by atoms with E-state index in [9.17, 15) is 0 Å². The van der Waals surface area contributed by atoms with Crippen molar-refractivity contribution in [3.63, 3.8) is 0 Å². The molecular formula is C14H22N2. The second-order valence-electron chi connectivity index (χ2n) is 4.44. The number of nitrogens with one attached hydrogen (secondary N) is 1. The Hall–Kier alpha value is -1.02. The molecule has 0 radical (unpaired) electrons. The number of hydrogen-bond acceptors (Lipinski definition) is 2. The Morgan fingerprint density at radius 3 is 2.88 bits per heavy atom. The quantitative estimate of drug-likeness (QED) is 0.836. The van der Waals surface area contributed by atoms with E-state index in [0.717, 1.165) is 6.54 Å². The lowest BCUT2D eigenvalue weighted by atomic mass is 9.96. The van der Waals surface area contributed by atoms with Gasteiger partial charge in [0.05, 0.1) is 0 Å². The summed E-state index contributed by atoms with van der Waals surface area (Å²) in [6, 6.07) is 9.38. The van der Waals surface area contributed by atoms with Crippen LogP contribution in [-0.2, 0) is 0 Å². The first-order valence-corrected chi connectivity index (χ1v) is 6.44. The minimum atomic E-state index is 0.550. The van der Waals surface area contributed by atoms with Crippen molar-refractivity contribution in [1.82, 2.24) is 5.32 Å². The van der Waals surface area contributed by atoms with Crippen molar-refractivity contribution >= 4 is 5.69 Å². The third-order valence-electron chi connectivity index (χ3n) is 3.28. The zero-order valence-electron chi connectivity index (χ0n) is 10.4. The zero-order chi connectivity index (χ0) is 11.4. The van der Waals surface area contributed by atoms with E-state index in [-0.39, 0.29) is 0 Å². The molecule has 0 saturated carbocycles. The highest BCUT2D eigenvalue weighted by Gasteiger charge is 2.23. The molecule has 0 bridgehead atoms. The van der Waals surface area contributed by atoms with Crippen LogP contribution in [0.15, 0.2) is 24.3 Å². The van der Waals surface area contributed by atoms with Gasteiger partial charge in [-0.25, -0.2) is 0 Å². The van der Waals surface area contributed by atoms with E-state index in [2.05, 4.69) is 48.3 Å². The molecule has 1 N–H and O–H groups in total. The van der Waals surface area contributed by atoms with Crippen molar-refractivity contribution in [2.24, 2.45) is 0 Å². The first kappa shape index (κ1) is 11.5. The summed E-state index contributed by atoms with van der Waals surface area (Å²) in [6.45, 7) is 7.84. The van der Waals surface area contributed by atoms with Gasteiger partial charge in [-0.05, 0) is 31.0 Å². The fraction of sp³-hybridized carbons (Fsp3) is 0.571. The number of rotatable bonds is 4. The lowest BCUT2D eigenvalue weighted by molar-refractivity contribution is 0.489. The molecule has 1 unspecified atom stereocenters. The highest BCUT2D eigenvalue weighted by atomic mass is 15.1. The van der Waals surface area contributed by atoms with Crippen LogP contribution in [0.3, 0.4) is 0 Å². The van der Waals surface area contributed by atoms with Gasteiger partial charge >= 0.3 is 0 Å². The number of anilines is 1. The van der Waals surface area contributed by atoms with E-state index < -0.39 is 0 Å². The maximum Gasteiger partial charge on any atom is 0.0414 e. The van der Waals surface area contributed by atoms with Crippen LogP contribution >= 0.6 is 0 Å². The Labute approximate surface area is 98.7 Å². The lowest BCUT2D eigenvalue weighted by Gasteiger charge is -2.36. The SMILES string of the molecule is CCCN1CCC(NCC)c2ccccc21. The first-order chi connectivity index (χ1) is 7.86. The second-order valence-corrected chi connectivity index (χ2v) is 4.44. The number of hydrogen-bond donors (Lipinski definition) is 1. The van der Waals surface area contributed by atoms with Gasteiger partial charge in [-0.2, -0.15) is 0 Å². The topological polar surface area (TPSA) is 15.3 Å². The average Bonchev–Trinajstić information content (AvgIpc) is 2.33. The Balaban J connectivity index is 2.25. The molecule has 16 heavy (non-hydrogen) atoms. The van der Waals surface area contributed by atoms with Crippen LogP contribution in [0.4, 0.5) is 5.69 Å². The molecule has 0 amide bonds. The molecule has 1 heterocycles. The fourth-order valence-electron chi connectivity index (χ4n) is 2.59. The molecule has 1 aliphatic rings. The Kier molecular flexibility index (Phi) is 3.83. The van der Waals surface area contributed by atoms with Crippen LogP contribution in [0.5, 0.6) is 0 Å². The summed E-state index contributed by atoms with van der Waals surface area (Å²) >= 11 is 0. The van der Waals surface area contributed by atoms with E-state index in [1.54, 1.807) is 0 Å². The van der Waals surface area contributed by atoms with Gasteiger partial charge in [0.25, 0.3) is 0 Å². The molecule has 1 aliphatic heterocycles. The number of benzene rings is 1. The smallest absolute Gasteiger partial charge is 0.0414 e. The molecule has 0 spiro atoms. The number of para-hydroxylation sites is 1. The lowest BCUT2D eigenvalue weighted by Crippen LogP contribution is -2.36. The van der Waals surface area contributed by atoms with Gasteiger partial charge in [-0.3, -0.25) is 0 Å². The minimum Gasteiger partial charge on any atom is -0.371 e. The predicted octanol–water partition coefficient (Wildman–Crippen LogP) is 2.96. The maximum atomic E-state index is 3.58. The van der Waals surface area contributed by atoms with E-state index in [1.807, 2.05) is 0 Å². The highest BCUT2D eigenvalue weighted by Crippen LogP contribution is 2.33. The molecule has 2 nitrogen and oxygen atoms in total. The van der Waals surface area contributed by atoms with E-state index in [4.69, 9.17) is 0 Å². The molecule has 1 aromatic carbocycles. The van der Waals surface area contributed by atoms with Gasteiger partial charge in [0.15, 0.2) is 0 Å². The van der Waals surface area contributed by atoms with Crippen LogP contribution in [0.2, 0.25) is 0 Å². The molecular weight excluding hydrogens is 196 g/mol. The van der Waals surface area contributed by atoms with Crippen LogP contribution in [0.1, 0.15) is 38.3 Å². The largest absolute Gasteiger partial charge is 0.371 e. The van der Waals surface area contributed by atoms with Crippen LogP contribution in [0.25, 0.3) is 0 Å². The standard InChI is InChI=1S/C14H22N2/c1-3-10-16-11-9-13(15-4-2)12-7-5-6-8-14(12)16/h5-8,13,15H,3-4,9-11H2,1-2H3. The van der Waals surface area contributed by atoms with Crippen LogP contribution < -0.4 is 10.2 Å². The molecule has 0 fully saturated rings. The van der Waals surface area contributed by atoms with E-state index in [1.165, 1.54) is 37.2 Å². The summed E-state index contributed by atoms with van der Waals surface area (Å²) in [5, 5.41) is 3.58. The van der Waals surface area contributed by atoms with E-state index >= 15 is 0 Å². The molecule has 0 aromatic heterocycles. The maximum absolute atomic E-state index is 3.58. The zero-order valence-corrected chi connectivity index (χ0v) is 10.4. The van der Waals surface area contributed by atoms with Crippen LogP contribution in [-0.4, -0.2) is 19.6 Å². The first-order valence-electron chi connectivity index (χ1n) is 6.44. The predicted molar refractivity (Wildman–Crippen MR) is 70.0 cm³/mol. The summed E-state index contributed by atoms with van der Waals surface area (Å²) in [5.74, 6) is 0. The van der Waals surface area contributed by atoms with Gasteiger partial charge in [0, 0.05) is 24.8 Å². The Bertz CT molecular complexity index is 302. The molecule has 2 heteroatoms. The molecule has 88 valence electrons. The summed E-state index contributed by atoms with van der Waals surface area (Å²) in [5.41, 5.74) is 2.91. The second kappa shape index (κ2) is 5.35. The van der Waals surface area contributed by atoms with Gasteiger partial charge < -0.3 is 10.2 Å². The van der Waals surface area contributed by atoms with Crippen LogP contribution in [0, 0.1) is 0 Å². The summed E-state index contributed by atoms with van der Waals surface area (Å²) in [7, 11) is 0. The van der Waals surface area contributed by atoms with Gasteiger partial charge in [-0.1, -0.05) is 32.0 Å². The normalized spacial score (nSPS) is 19.6. The van der Waals surface area contributed by atoms with E-state index in [0.29, 0.717) is 6.04 Å². The van der Waals surface area contributed by atoms with Crippen molar-refractivity contribution in [2.45, 2.75) is 32.7 Å². The van der Waals surface area contributed by atoms with Gasteiger partial charge in [-0.15, -0.1) is 0 Å². The van der Waals surface area contributed by atoms with Crippen molar-refractivity contribution in [3.05, 3.63) is 29.8 Å². The Morgan fingerprint density at radius 2 is 2.12 bits per heavy atom. The number of nitrogens with zero attached hydrogens (tertiary/aromatic N) is 1. The minimum absolute atomic E-state index is 0.550. The molecule has 1 atom stereocenters. The summed E-state index contributed by atoms with van der Waals surface area (Å²) in [6.07, 6.45) is 2.45. The fourth-order valence-corrected chi connectivity index (χ4v) is 2.59.